The van der Waals surface area contributed by atoms with Gasteiger partial charge in [0.15, 0.2) is 23.4 Å². The Hall–Kier alpha value is -13.0. The number of hydrogen-bond donors (Lipinski definition) is 0. The number of hydrogen-bond acceptors (Lipinski definition) is 2. The van der Waals surface area contributed by atoms with Crippen LogP contribution in [0.2, 0.25) is 0 Å². The Bertz CT molecular complexity index is 7420. The smallest absolute Gasteiger partial charge is 0.232 e. The highest BCUT2D eigenvalue weighted by Crippen LogP contribution is 2.38. The van der Waals surface area contributed by atoms with Crippen molar-refractivity contribution in [2.45, 2.75) is 198 Å². The molecule has 0 unspecified atom stereocenters. The van der Waals surface area contributed by atoms with Crippen LogP contribution in [0.3, 0.4) is 0 Å². The predicted molar refractivity (Wildman–Crippen MR) is 578 cm³/mol. The van der Waals surface area contributed by atoms with Crippen molar-refractivity contribution in [3.63, 3.8) is 0 Å². The van der Waals surface area contributed by atoms with E-state index in [1.165, 1.54) is 227 Å². The van der Waals surface area contributed by atoms with E-state index in [-0.39, 0.29) is 0 Å². The summed E-state index contributed by atoms with van der Waals surface area (Å²) in [7, 11) is 12.8. The Balaban J connectivity index is 0.000000138. The van der Waals surface area contributed by atoms with Crippen LogP contribution in [0.5, 0.6) is 0 Å². The Labute approximate surface area is 814 Å². The summed E-state index contributed by atoms with van der Waals surface area (Å²) in [6.07, 6.45) is 13.7. The van der Waals surface area contributed by atoms with E-state index in [1.54, 1.807) is 0 Å². The second-order valence-corrected chi connectivity index (χ2v) is 41.1. The Kier molecular flexibility index (Phi) is 32.6. The third-order valence-corrected chi connectivity index (χ3v) is 27.2. The van der Waals surface area contributed by atoms with Crippen molar-refractivity contribution in [2.75, 3.05) is 0 Å². The SMILES string of the molecule is Cc1cc(C)c(C)c(-c2c3cc(CC(C)C)ccc3cc[n+]2C)c1.Cc1cc(C)c(C)c(-c2c3ccc(CC(C)C)cc3cc[n+]2C)c1.Cc1cc(C)c(C)c(-c2cc(CC(C)C)c3ccccc3[n+]2C)c1.Cc1cc(C)c(C)c(-c2ccc3ccc(CC(C)C)cc3[n+]2C)c1.Cc1ccccc1-c1c2cc(CC(C)C)ccc2nc[n+]1C.Cc1ccccc1-c1c2ccccc2nc[n+]1C. The van der Waals surface area contributed by atoms with Gasteiger partial charge < -0.3 is 0 Å². The molecule has 6 heterocycles. The summed E-state index contributed by atoms with van der Waals surface area (Å²) in [4.78, 5) is 9.04. The molecule has 0 radical (unpaired) electrons. The molecule has 0 aliphatic heterocycles. The normalized spacial score (nSPS) is 11.3. The summed E-state index contributed by atoms with van der Waals surface area (Å²) in [5.41, 5.74) is 46.2. The van der Waals surface area contributed by atoms with Gasteiger partial charge in [0.05, 0.1) is 46.8 Å². The summed E-state index contributed by atoms with van der Waals surface area (Å²) in [5, 5.41) is 10.4. The highest BCUT2D eigenvalue weighted by molar-refractivity contribution is 5.97. The van der Waals surface area contributed by atoms with Gasteiger partial charge in [-0.15, -0.1) is 0 Å². The maximum Gasteiger partial charge on any atom is 0.287 e. The third kappa shape index (κ3) is 23.5. The molecule has 136 heavy (non-hydrogen) atoms. The molecule has 0 N–H and O–H groups in total. The van der Waals surface area contributed by atoms with E-state index in [0.29, 0.717) is 29.6 Å². The van der Waals surface area contributed by atoms with Crippen LogP contribution in [0.1, 0.15) is 175 Å². The molecule has 0 saturated heterocycles. The number of aryl methyl sites for hydroxylation is 16. The molecule has 0 amide bonds. The Morgan fingerprint density at radius 2 is 0.603 bits per heavy atom. The van der Waals surface area contributed by atoms with Crippen LogP contribution in [-0.4, -0.2) is 9.97 Å². The van der Waals surface area contributed by atoms with Crippen molar-refractivity contribution in [2.24, 2.45) is 71.9 Å². The molecule has 696 valence electrons. The van der Waals surface area contributed by atoms with Gasteiger partial charge in [0.1, 0.15) is 39.6 Å². The number of rotatable bonds is 16. The number of fused-ring (bicyclic) bond motifs is 6. The highest BCUT2D eigenvalue weighted by Gasteiger charge is 2.27. The van der Waals surface area contributed by atoms with Gasteiger partial charge in [0, 0.05) is 69.4 Å². The first-order valence-corrected chi connectivity index (χ1v) is 49.4. The summed E-state index contributed by atoms with van der Waals surface area (Å²) >= 11 is 0. The molecule has 12 aromatic carbocycles. The molecular weight excluding hydrogens is 1650 g/mol. The van der Waals surface area contributed by atoms with Crippen LogP contribution in [-0.2, 0) is 74.4 Å². The van der Waals surface area contributed by atoms with Crippen molar-refractivity contribution in [1.82, 2.24) is 9.97 Å². The average Bonchev–Trinajstić information content (AvgIpc) is 0.769. The number of pyridine rings is 4. The molecule has 0 aliphatic rings. The lowest BCUT2D eigenvalue weighted by atomic mass is 9.93. The minimum absolute atomic E-state index is 0.648. The molecule has 0 fully saturated rings. The monoisotopic (exact) mass is 1800 g/mol. The molecule has 0 bridgehead atoms. The zero-order chi connectivity index (χ0) is 97.9. The predicted octanol–water partition coefficient (Wildman–Crippen LogP) is 29.1. The first kappa shape index (κ1) is 100. The van der Waals surface area contributed by atoms with Gasteiger partial charge in [-0.25, -0.2) is 18.3 Å². The van der Waals surface area contributed by atoms with Crippen molar-refractivity contribution in [3.8, 4) is 67.5 Å². The van der Waals surface area contributed by atoms with E-state index in [2.05, 4.69) is 494 Å². The quantitative estimate of drug-likeness (QED) is 0.0905. The molecule has 18 rings (SSSR count). The first-order valence-electron chi connectivity index (χ1n) is 49.4. The lowest BCUT2D eigenvalue weighted by molar-refractivity contribution is -0.662. The van der Waals surface area contributed by atoms with Crippen molar-refractivity contribution in [1.29, 1.82) is 0 Å². The summed E-state index contributed by atoms with van der Waals surface area (Å²) in [6, 6.07) is 91.2. The lowest BCUT2D eigenvalue weighted by Crippen LogP contribution is -2.33. The van der Waals surface area contributed by atoms with Crippen molar-refractivity contribution in [3.05, 3.63) is 379 Å². The highest BCUT2D eigenvalue weighted by atomic mass is 15.0. The Morgan fingerprint density at radius 3 is 1.11 bits per heavy atom. The van der Waals surface area contributed by atoms with E-state index >= 15 is 0 Å². The zero-order valence-corrected chi connectivity index (χ0v) is 87.5. The van der Waals surface area contributed by atoms with E-state index in [4.69, 9.17) is 0 Å². The minimum Gasteiger partial charge on any atom is -0.232 e. The van der Waals surface area contributed by atoms with Gasteiger partial charge in [0.25, 0.3) is 12.7 Å². The molecule has 6 aromatic heterocycles. The summed E-state index contributed by atoms with van der Waals surface area (Å²) in [6.45, 7) is 53.6. The van der Waals surface area contributed by atoms with Crippen LogP contribution in [0.25, 0.3) is 133 Å². The fourth-order valence-electron chi connectivity index (χ4n) is 20.0. The number of para-hydroxylation sites is 2. The standard InChI is InChI=1S/4C23H28N.C20H23N2.C16H15N2/c1-15(2)11-19-7-8-21-20(14-19)9-10-24(6)23(21)22-13-16(3)12-17(4)18(22)5;1-15(2)11-19-7-8-20-9-10-24(6)23(22(20)14-19)21-13-16(3)12-17(4)18(21)5;1-15(2)11-19-7-8-20-9-10-22(24(6)23(20)14-19)21-13-16(3)12-17(4)18(21)5;1-15(2)11-19-14-23(21-13-16(3)12-17(4)18(21)5)24(6)22-10-8-7-9-20(19)22;1-14(2)11-16-9-10-19-18(12-16)20(22(4)13-21-19)17-8-6-5-7-15(17)3;1-12-7-3-4-8-13(12)16-14-9-5-6-10-15(14)17-11-18(16)2/h4*7-10,12-15H,11H2,1-6H3;5-10,12-14H,11H2,1-4H3;3-11H,1-2H3/q6*+1. The number of benzene rings is 12. The average molecular weight is 1800 g/mol. The topological polar surface area (TPSA) is 49.1 Å². The van der Waals surface area contributed by atoms with Gasteiger partial charge in [-0.3, -0.25) is 0 Å². The molecule has 0 saturated carbocycles. The Morgan fingerprint density at radius 1 is 0.235 bits per heavy atom. The molecular formula is C128H150N8+6. The van der Waals surface area contributed by atoms with Crippen molar-refractivity contribution >= 4 is 65.2 Å². The van der Waals surface area contributed by atoms with Crippen LogP contribution < -0.4 is 27.4 Å². The van der Waals surface area contributed by atoms with Crippen LogP contribution in [0.4, 0.5) is 0 Å². The van der Waals surface area contributed by atoms with Crippen LogP contribution in [0.15, 0.2) is 274 Å². The van der Waals surface area contributed by atoms with E-state index in [1.807, 2.05) is 25.8 Å². The fourth-order valence-corrected chi connectivity index (χ4v) is 20.0. The maximum atomic E-state index is 4.58. The van der Waals surface area contributed by atoms with Crippen molar-refractivity contribution < 1.29 is 27.4 Å². The number of aromatic nitrogens is 8. The molecule has 8 nitrogen and oxygen atoms in total. The summed E-state index contributed by atoms with van der Waals surface area (Å²) < 4.78 is 13.4. The van der Waals surface area contributed by atoms with Crippen LogP contribution >= 0.6 is 0 Å². The molecule has 0 aliphatic carbocycles. The number of nitrogens with zero attached hydrogens (tertiary/aromatic N) is 8. The van der Waals surface area contributed by atoms with Gasteiger partial charge in [-0.2, -0.15) is 9.13 Å². The third-order valence-electron chi connectivity index (χ3n) is 27.2. The fraction of sp³-hybridized carbons (Fsp3) is 0.312. The largest absolute Gasteiger partial charge is 0.287 e. The molecule has 8 heteroatoms. The molecule has 18 aromatic rings. The van der Waals surface area contributed by atoms with E-state index < -0.39 is 0 Å². The van der Waals surface area contributed by atoms with Gasteiger partial charge in [-0.05, 0) is 342 Å². The van der Waals surface area contributed by atoms with Gasteiger partial charge in [0.2, 0.25) is 33.8 Å². The van der Waals surface area contributed by atoms with E-state index in [9.17, 15) is 0 Å². The second-order valence-electron chi connectivity index (χ2n) is 41.1. The van der Waals surface area contributed by atoms with Crippen LogP contribution in [0, 0.1) is 127 Å². The zero-order valence-electron chi connectivity index (χ0n) is 87.5. The minimum atomic E-state index is 0.648. The maximum absolute atomic E-state index is 4.58. The lowest BCUT2D eigenvalue weighted by Gasteiger charge is -2.14. The summed E-state index contributed by atoms with van der Waals surface area (Å²) in [5.74, 6) is 3.34. The first-order chi connectivity index (χ1) is 64.8. The van der Waals surface area contributed by atoms with Gasteiger partial charge >= 0.3 is 0 Å². The van der Waals surface area contributed by atoms with Gasteiger partial charge in [-0.1, -0.05) is 225 Å². The second kappa shape index (κ2) is 44.2. The molecule has 0 spiro atoms. The van der Waals surface area contributed by atoms with E-state index in [0.717, 1.165) is 43.1 Å². The molecule has 0 atom stereocenters.